The number of nitrogens with two attached hydrogens (primary N) is 1. The number of nitrogens with zero attached hydrogens (tertiary/aromatic N) is 3. The number of rotatable bonds is 4. The third-order valence-corrected chi connectivity index (χ3v) is 3.13. The van der Waals surface area contributed by atoms with Crippen molar-refractivity contribution in [2.75, 3.05) is 5.73 Å². The van der Waals surface area contributed by atoms with Crippen LogP contribution < -0.4 is 10.5 Å². The SMILES string of the molecule is Cc1nnc(COc2cccc(N)c2)n1-c1ccccc1. The van der Waals surface area contributed by atoms with Gasteiger partial charge in [0.25, 0.3) is 0 Å². The molecule has 3 rings (SSSR count). The summed E-state index contributed by atoms with van der Waals surface area (Å²) in [6, 6.07) is 17.3. The predicted octanol–water partition coefficient (Wildman–Crippen LogP) is 2.74. The lowest BCUT2D eigenvalue weighted by Gasteiger charge is -2.10. The Bertz CT molecular complexity index is 737. The van der Waals surface area contributed by atoms with Crippen molar-refractivity contribution in [3.63, 3.8) is 0 Å². The van der Waals surface area contributed by atoms with Crippen LogP contribution in [0.5, 0.6) is 5.75 Å². The normalized spacial score (nSPS) is 10.5. The van der Waals surface area contributed by atoms with Crippen molar-refractivity contribution in [1.29, 1.82) is 0 Å². The Morgan fingerprint density at radius 1 is 1.05 bits per heavy atom. The van der Waals surface area contributed by atoms with Gasteiger partial charge in [0.1, 0.15) is 18.2 Å². The van der Waals surface area contributed by atoms with Gasteiger partial charge >= 0.3 is 0 Å². The lowest BCUT2D eigenvalue weighted by Crippen LogP contribution is -2.06. The summed E-state index contributed by atoms with van der Waals surface area (Å²) in [4.78, 5) is 0. The van der Waals surface area contributed by atoms with Gasteiger partial charge in [0.2, 0.25) is 0 Å². The van der Waals surface area contributed by atoms with E-state index in [1.54, 1.807) is 6.07 Å². The first kappa shape index (κ1) is 13.2. The Labute approximate surface area is 123 Å². The lowest BCUT2D eigenvalue weighted by atomic mass is 10.3. The summed E-state index contributed by atoms with van der Waals surface area (Å²) >= 11 is 0. The fraction of sp³-hybridized carbons (Fsp3) is 0.125. The monoisotopic (exact) mass is 280 g/mol. The molecule has 0 amide bonds. The van der Waals surface area contributed by atoms with Gasteiger partial charge in [-0.15, -0.1) is 10.2 Å². The Balaban J connectivity index is 1.84. The average Bonchev–Trinajstić information content (AvgIpc) is 2.87. The molecule has 0 saturated carbocycles. The number of nitrogen functional groups attached to an aromatic ring is 1. The van der Waals surface area contributed by atoms with Gasteiger partial charge in [-0.1, -0.05) is 24.3 Å². The molecule has 21 heavy (non-hydrogen) atoms. The second kappa shape index (κ2) is 5.66. The van der Waals surface area contributed by atoms with Crippen LogP contribution in [0.25, 0.3) is 5.69 Å². The van der Waals surface area contributed by atoms with Gasteiger partial charge in [-0.2, -0.15) is 0 Å². The Kier molecular flexibility index (Phi) is 3.55. The number of hydrogen-bond acceptors (Lipinski definition) is 4. The van der Waals surface area contributed by atoms with Crippen molar-refractivity contribution in [2.45, 2.75) is 13.5 Å². The zero-order valence-corrected chi connectivity index (χ0v) is 11.7. The Morgan fingerprint density at radius 2 is 1.86 bits per heavy atom. The fourth-order valence-electron chi connectivity index (χ4n) is 2.16. The number of benzene rings is 2. The van der Waals surface area contributed by atoms with E-state index in [1.807, 2.05) is 60.0 Å². The molecule has 0 unspecified atom stereocenters. The smallest absolute Gasteiger partial charge is 0.175 e. The number of para-hydroxylation sites is 1. The van der Waals surface area contributed by atoms with E-state index in [-0.39, 0.29) is 0 Å². The molecule has 0 saturated heterocycles. The lowest BCUT2D eigenvalue weighted by molar-refractivity contribution is 0.293. The van der Waals surface area contributed by atoms with E-state index < -0.39 is 0 Å². The second-order valence-electron chi connectivity index (χ2n) is 4.70. The highest BCUT2D eigenvalue weighted by molar-refractivity contribution is 5.43. The standard InChI is InChI=1S/C16H16N4O/c1-12-18-19-16(20(12)14-7-3-2-4-8-14)11-21-15-9-5-6-13(17)10-15/h2-10H,11,17H2,1H3. The molecule has 0 bridgehead atoms. The molecule has 0 aliphatic carbocycles. The first-order valence-corrected chi connectivity index (χ1v) is 6.69. The molecule has 0 fully saturated rings. The molecule has 5 nitrogen and oxygen atoms in total. The highest BCUT2D eigenvalue weighted by Gasteiger charge is 2.11. The second-order valence-corrected chi connectivity index (χ2v) is 4.70. The predicted molar refractivity (Wildman–Crippen MR) is 81.3 cm³/mol. The third-order valence-electron chi connectivity index (χ3n) is 3.13. The van der Waals surface area contributed by atoms with Crippen molar-refractivity contribution in [3.05, 3.63) is 66.2 Å². The number of anilines is 1. The van der Waals surface area contributed by atoms with Crippen LogP contribution >= 0.6 is 0 Å². The van der Waals surface area contributed by atoms with E-state index in [4.69, 9.17) is 10.5 Å². The van der Waals surface area contributed by atoms with E-state index in [2.05, 4.69) is 10.2 Å². The van der Waals surface area contributed by atoms with Crippen LogP contribution in [-0.2, 0) is 6.61 Å². The molecule has 5 heteroatoms. The number of aromatic nitrogens is 3. The van der Waals surface area contributed by atoms with Gasteiger partial charge in [-0.3, -0.25) is 4.57 Å². The minimum atomic E-state index is 0.333. The molecule has 1 aromatic heterocycles. The Morgan fingerprint density at radius 3 is 2.62 bits per heavy atom. The minimum Gasteiger partial charge on any atom is -0.486 e. The van der Waals surface area contributed by atoms with Crippen LogP contribution in [0.1, 0.15) is 11.6 Å². The summed E-state index contributed by atoms with van der Waals surface area (Å²) in [6.45, 7) is 2.25. The van der Waals surface area contributed by atoms with Gasteiger partial charge in [0.15, 0.2) is 5.82 Å². The summed E-state index contributed by atoms with van der Waals surface area (Å²) in [6.07, 6.45) is 0. The van der Waals surface area contributed by atoms with Crippen molar-refractivity contribution in [2.24, 2.45) is 0 Å². The van der Waals surface area contributed by atoms with Gasteiger partial charge in [0, 0.05) is 17.4 Å². The molecule has 0 aliphatic heterocycles. The first-order valence-electron chi connectivity index (χ1n) is 6.69. The van der Waals surface area contributed by atoms with E-state index >= 15 is 0 Å². The average molecular weight is 280 g/mol. The highest BCUT2D eigenvalue weighted by Crippen LogP contribution is 2.17. The van der Waals surface area contributed by atoms with Crippen molar-refractivity contribution in [1.82, 2.24) is 14.8 Å². The largest absolute Gasteiger partial charge is 0.486 e. The van der Waals surface area contributed by atoms with E-state index in [0.29, 0.717) is 12.3 Å². The fourth-order valence-corrected chi connectivity index (χ4v) is 2.16. The summed E-state index contributed by atoms with van der Waals surface area (Å²) < 4.78 is 7.72. The first-order chi connectivity index (χ1) is 10.2. The molecule has 106 valence electrons. The number of ether oxygens (including phenoxy) is 1. The molecule has 0 atom stereocenters. The van der Waals surface area contributed by atoms with Crippen LogP contribution in [0.2, 0.25) is 0 Å². The summed E-state index contributed by atoms with van der Waals surface area (Å²) in [5, 5.41) is 8.32. The van der Waals surface area contributed by atoms with Crippen LogP contribution in [0.3, 0.4) is 0 Å². The maximum atomic E-state index is 5.75. The van der Waals surface area contributed by atoms with Crippen molar-refractivity contribution < 1.29 is 4.74 Å². The maximum Gasteiger partial charge on any atom is 0.175 e. The van der Waals surface area contributed by atoms with Crippen molar-refractivity contribution >= 4 is 5.69 Å². The third kappa shape index (κ3) is 2.86. The topological polar surface area (TPSA) is 66.0 Å². The zero-order valence-electron chi connectivity index (χ0n) is 11.7. The van der Waals surface area contributed by atoms with E-state index in [1.165, 1.54) is 0 Å². The molecule has 1 heterocycles. The van der Waals surface area contributed by atoms with Crippen molar-refractivity contribution in [3.8, 4) is 11.4 Å². The molecule has 0 radical (unpaired) electrons. The quantitative estimate of drug-likeness (QED) is 0.746. The minimum absolute atomic E-state index is 0.333. The zero-order chi connectivity index (χ0) is 14.7. The molecule has 2 aromatic carbocycles. The van der Waals surface area contributed by atoms with Crippen LogP contribution in [-0.4, -0.2) is 14.8 Å². The van der Waals surface area contributed by atoms with Crippen LogP contribution in [0.4, 0.5) is 5.69 Å². The maximum absolute atomic E-state index is 5.75. The highest BCUT2D eigenvalue weighted by atomic mass is 16.5. The van der Waals surface area contributed by atoms with Gasteiger partial charge in [-0.05, 0) is 31.2 Å². The van der Waals surface area contributed by atoms with E-state index in [9.17, 15) is 0 Å². The summed E-state index contributed by atoms with van der Waals surface area (Å²) in [7, 11) is 0. The number of hydrogen-bond donors (Lipinski definition) is 1. The molecular weight excluding hydrogens is 264 g/mol. The number of aryl methyl sites for hydroxylation is 1. The Hall–Kier alpha value is -2.82. The molecule has 0 aliphatic rings. The molecule has 2 N–H and O–H groups in total. The molecular formula is C16H16N4O. The molecule has 3 aromatic rings. The summed E-state index contributed by atoms with van der Waals surface area (Å²) in [5.41, 5.74) is 7.43. The van der Waals surface area contributed by atoms with Crippen LogP contribution in [0.15, 0.2) is 54.6 Å². The van der Waals surface area contributed by atoms with Crippen LogP contribution in [0, 0.1) is 6.92 Å². The van der Waals surface area contributed by atoms with Gasteiger partial charge in [0.05, 0.1) is 0 Å². The van der Waals surface area contributed by atoms with Gasteiger partial charge < -0.3 is 10.5 Å². The van der Waals surface area contributed by atoms with Gasteiger partial charge in [-0.25, -0.2) is 0 Å². The van der Waals surface area contributed by atoms with E-state index in [0.717, 1.165) is 23.1 Å². The summed E-state index contributed by atoms with van der Waals surface area (Å²) in [5.74, 6) is 2.30. The molecule has 0 spiro atoms.